The van der Waals surface area contributed by atoms with Gasteiger partial charge in [-0.05, 0) is 48.4 Å². The summed E-state index contributed by atoms with van der Waals surface area (Å²) in [5, 5.41) is 3.89. The van der Waals surface area contributed by atoms with E-state index in [0.29, 0.717) is 24.9 Å². The summed E-state index contributed by atoms with van der Waals surface area (Å²) >= 11 is 0. The predicted molar refractivity (Wildman–Crippen MR) is 101 cm³/mol. The van der Waals surface area contributed by atoms with E-state index >= 15 is 0 Å². The molecule has 0 saturated heterocycles. The fourth-order valence-electron chi connectivity index (χ4n) is 2.89. The van der Waals surface area contributed by atoms with Crippen molar-refractivity contribution in [2.75, 3.05) is 0 Å². The Bertz CT molecular complexity index is 959. The first-order valence-corrected chi connectivity index (χ1v) is 8.47. The van der Waals surface area contributed by atoms with E-state index in [2.05, 4.69) is 10.3 Å². The SMILES string of the molecule is Cc1ccc2cc(CCC(=O)NCc3ccccc3)c(=O)[nH]c2c1C. The van der Waals surface area contributed by atoms with Crippen molar-refractivity contribution in [1.82, 2.24) is 10.3 Å². The maximum absolute atomic E-state index is 12.3. The van der Waals surface area contributed by atoms with Crippen LogP contribution in [0.1, 0.15) is 28.7 Å². The first-order chi connectivity index (χ1) is 12.0. The fraction of sp³-hybridized carbons (Fsp3) is 0.238. The molecule has 2 N–H and O–H groups in total. The Morgan fingerprint density at radius 1 is 1.08 bits per heavy atom. The molecule has 1 heterocycles. The van der Waals surface area contributed by atoms with Crippen LogP contribution in [0.4, 0.5) is 0 Å². The smallest absolute Gasteiger partial charge is 0.251 e. The first kappa shape index (κ1) is 17.0. The van der Waals surface area contributed by atoms with Crippen molar-refractivity contribution in [2.45, 2.75) is 33.2 Å². The molecule has 1 aromatic heterocycles. The Labute approximate surface area is 146 Å². The van der Waals surface area contributed by atoms with Crippen molar-refractivity contribution in [2.24, 2.45) is 0 Å². The summed E-state index contributed by atoms with van der Waals surface area (Å²) in [5.74, 6) is -0.0524. The summed E-state index contributed by atoms with van der Waals surface area (Å²) in [6.45, 7) is 4.54. The lowest BCUT2D eigenvalue weighted by Crippen LogP contribution is -2.24. The molecule has 0 aliphatic carbocycles. The van der Waals surface area contributed by atoms with E-state index in [1.54, 1.807) is 0 Å². The standard InChI is InChI=1S/C21H22N2O2/c1-14-8-9-17-12-18(21(25)23-20(17)15(14)2)10-11-19(24)22-13-16-6-4-3-5-7-16/h3-9,12H,10-11,13H2,1-2H3,(H,22,24)(H,23,25). The topological polar surface area (TPSA) is 62.0 Å². The van der Waals surface area contributed by atoms with Gasteiger partial charge in [0.25, 0.3) is 5.56 Å². The number of aryl methyl sites for hydroxylation is 3. The molecular formula is C21H22N2O2. The Balaban J connectivity index is 1.67. The Morgan fingerprint density at radius 3 is 2.60 bits per heavy atom. The second kappa shape index (κ2) is 7.34. The lowest BCUT2D eigenvalue weighted by atomic mass is 10.0. The van der Waals surface area contributed by atoms with Crippen LogP contribution in [0, 0.1) is 13.8 Å². The van der Waals surface area contributed by atoms with Crippen LogP contribution in [0.15, 0.2) is 53.3 Å². The van der Waals surface area contributed by atoms with E-state index in [-0.39, 0.29) is 11.5 Å². The third kappa shape index (κ3) is 3.97. The van der Waals surface area contributed by atoms with E-state index in [1.807, 2.05) is 62.4 Å². The number of aromatic nitrogens is 1. The number of benzene rings is 2. The minimum absolute atomic E-state index is 0.0524. The van der Waals surface area contributed by atoms with E-state index in [9.17, 15) is 9.59 Å². The third-order valence-electron chi connectivity index (χ3n) is 4.58. The molecule has 1 amide bonds. The van der Waals surface area contributed by atoms with Gasteiger partial charge in [0.1, 0.15) is 0 Å². The number of fused-ring (bicyclic) bond motifs is 1. The lowest BCUT2D eigenvalue weighted by Gasteiger charge is -2.08. The maximum Gasteiger partial charge on any atom is 0.251 e. The number of pyridine rings is 1. The van der Waals surface area contributed by atoms with Gasteiger partial charge in [-0.1, -0.05) is 42.5 Å². The number of hydrogen-bond donors (Lipinski definition) is 2. The van der Waals surface area contributed by atoms with Gasteiger partial charge in [-0.25, -0.2) is 0 Å². The van der Waals surface area contributed by atoms with Crippen LogP contribution < -0.4 is 10.9 Å². The molecule has 25 heavy (non-hydrogen) atoms. The van der Waals surface area contributed by atoms with Crippen molar-refractivity contribution < 1.29 is 4.79 Å². The summed E-state index contributed by atoms with van der Waals surface area (Å²) in [6, 6.07) is 15.7. The van der Waals surface area contributed by atoms with Gasteiger partial charge in [0, 0.05) is 18.5 Å². The number of nitrogens with one attached hydrogen (secondary N) is 2. The van der Waals surface area contributed by atoms with Gasteiger partial charge in [0.2, 0.25) is 5.91 Å². The summed E-state index contributed by atoms with van der Waals surface area (Å²) in [5.41, 5.74) is 4.70. The van der Waals surface area contributed by atoms with Crippen LogP contribution in [0.3, 0.4) is 0 Å². The molecule has 3 aromatic rings. The summed E-state index contributed by atoms with van der Waals surface area (Å²) in [6.07, 6.45) is 0.727. The molecule has 4 heteroatoms. The molecule has 3 rings (SSSR count). The minimum Gasteiger partial charge on any atom is -0.352 e. The zero-order valence-corrected chi connectivity index (χ0v) is 14.6. The van der Waals surface area contributed by atoms with Gasteiger partial charge in [0.15, 0.2) is 0 Å². The van der Waals surface area contributed by atoms with Crippen molar-refractivity contribution in [3.63, 3.8) is 0 Å². The molecule has 0 unspecified atom stereocenters. The highest BCUT2D eigenvalue weighted by molar-refractivity contribution is 5.83. The van der Waals surface area contributed by atoms with Gasteiger partial charge in [-0.15, -0.1) is 0 Å². The Kier molecular flexibility index (Phi) is 4.98. The van der Waals surface area contributed by atoms with Crippen LogP contribution in [-0.4, -0.2) is 10.9 Å². The summed E-state index contributed by atoms with van der Waals surface area (Å²) in [7, 11) is 0. The van der Waals surface area contributed by atoms with Crippen molar-refractivity contribution in [3.05, 3.63) is 81.1 Å². The molecule has 0 fully saturated rings. The van der Waals surface area contributed by atoms with E-state index in [1.165, 1.54) is 0 Å². The Morgan fingerprint density at radius 2 is 1.84 bits per heavy atom. The molecule has 0 radical (unpaired) electrons. The minimum atomic E-state index is -0.114. The number of aromatic amines is 1. The van der Waals surface area contributed by atoms with E-state index < -0.39 is 0 Å². The molecule has 4 nitrogen and oxygen atoms in total. The first-order valence-electron chi connectivity index (χ1n) is 8.47. The summed E-state index contributed by atoms with van der Waals surface area (Å²) < 4.78 is 0. The largest absolute Gasteiger partial charge is 0.352 e. The zero-order chi connectivity index (χ0) is 17.8. The molecule has 0 aliphatic rings. The molecule has 0 aliphatic heterocycles. The quantitative estimate of drug-likeness (QED) is 0.751. The average molecular weight is 334 g/mol. The lowest BCUT2D eigenvalue weighted by molar-refractivity contribution is -0.121. The number of H-pyrrole nitrogens is 1. The third-order valence-corrected chi connectivity index (χ3v) is 4.58. The fourth-order valence-corrected chi connectivity index (χ4v) is 2.89. The van der Waals surface area contributed by atoms with Crippen LogP contribution in [0.5, 0.6) is 0 Å². The van der Waals surface area contributed by atoms with Gasteiger partial charge in [0.05, 0.1) is 5.52 Å². The normalized spacial score (nSPS) is 10.8. The predicted octanol–water partition coefficient (Wildman–Crippen LogP) is 3.39. The molecule has 0 saturated carbocycles. The monoisotopic (exact) mass is 334 g/mol. The van der Waals surface area contributed by atoms with Gasteiger partial charge >= 0.3 is 0 Å². The molecule has 128 valence electrons. The van der Waals surface area contributed by atoms with Crippen LogP contribution in [-0.2, 0) is 17.8 Å². The highest BCUT2D eigenvalue weighted by atomic mass is 16.1. The molecule has 0 spiro atoms. The number of amides is 1. The molecule has 0 atom stereocenters. The highest BCUT2D eigenvalue weighted by Gasteiger charge is 2.08. The van der Waals surface area contributed by atoms with Crippen LogP contribution in [0.2, 0.25) is 0 Å². The van der Waals surface area contributed by atoms with Gasteiger partial charge in [-0.2, -0.15) is 0 Å². The van der Waals surface area contributed by atoms with Gasteiger partial charge < -0.3 is 10.3 Å². The van der Waals surface area contributed by atoms with Crippen molar-refractivity contribution in [3.8, 4) is 0 Å². The molecular weight excluding hydrogens is 312 g/mol. The highest BCUT2D eigenvalue weighted by Crippen LogP contribution is 2.19. The second-order valence-corrected chi connectivity index (χ2v) is 6.36. The van der Waals surface area contributed by atoms with Gasteiger partial charge in [-0.3, -0.25) is 9.59 Å². The Hall–Kier alpha value is -2.88. The summed E-state index contributed by atoms with van der Waals surface area (Å²) in [4.78, 5) is 27.3. The molecule has 0 bridgehead atoms. The number of hydrogen-bond acceptors (Lipinski definition) is 2. The van der Waals surface area contributed by atoms with Crippen LogP contribution in [0.25, 0.3) is 10.9 Å². The van der Waals surface area contributed by atoms with Crippen molar-refractivity contribution in [1.29, 1.82) is 0 Å². The number of carbonyl (C=O) groups excluding carboxylic acids is 1. The van der Waals surface area contributed by atoms with Crippen LogP contribution >= 0.6 is 0 Å². The van der Waals surface area contributed by atoms with E-state index in [0.717, 1.165) is 27.6 Å². The molecule has 2 aromatic carbocycles. The number of carbonyl (C=O) groups is 1. The van der Waals surface area contributed by atoms with Crippen molar-refractivity contribution >= 4 is 16.8 Å². The second-order valence-electron chi connectivity index (χ2n) is 6.36. The zero-order valence-electron chi connectivity index (χ0n) is 14.6. The average Bonchev–Trinajstić information content (AvgIpc) is 2.63. The number of rotatable bonds is 5. The van der Waals surface area contributed by atoms with E-state index in [4.69, 9.17) is 0 Å². The maximum atomic E-state index is 12.3.